The van der Waals surface area contributed by atoms with Crippen LogP contribution < -0.4 is 23.8 Å². The third-order valence-electron chi connectivity index (χ3n) is 20.3. The summed E-state index contributed by atoms with van der Waals surface area (Å²) in [5, 5.41) is 0.374. The number of benzene rings is 7. The molecule has 2 aliphatic heterocycles. The summed E-state index contributed by atoms with van der Waals surface area (Å²) in [5.41, 5.74) is -2.11. The van der Waals surface area contributed by atoms with Crippen molar-refractivity contribution in [2.75, 3.05) is 25.1 Å². The molecular formula is C73H70F7NO6. The number of esters is 2. The summed E-state index contributed by atoms with van der Waals surface area (Å²) in [6.45, 7) is 7.14. The summed E-state index contributed by atoms with van der Waals surface area (Å²) in [7, 11) is 1.35. The molecule has 6 unspecified atom stereocenters. The zero-order valence-electron chi connectivity index (χ0n) is 49.3. The highest BCUT2D eigenvalue weighted by Gasteiger charge is 2.55. The maximum atomic E-state index is 15.4. The molecule has 1 saturated heterocycles. The molecule has 4 fully saturated rings. The molecule has 3 saturated carbocycles. The van der Waals surface area contributed by atoms with Crippen molar-refractivity contribution >= 4 is 34.5 Å². The van der Waals surface area contributed by atoms with Crippen LogP contribution in [-0.2, 0) is 28.2 Å². The number of hydrogen-bond donors (Lipinski definition) is 0. The second kappa shape index (κ2) is 22.5. The van der Waals surface area contributed by atoms with E-state index in [-0.39, 0.29) is 73.8 Å². The van der Waals surface area contributed by atoms with Crippen LogP contribution in [0.3, 0.4) is 0 Å². The summed E-state index contributed by atoms with van der Waals surface area (Å²) >= 11 is 0. The number of rotatable bonds is 13. The highest BCUT2D eigenvalue weighted by Crippen LogP contribution is 2.63. The van der Waals surface area contributed by atoms with Gasteiger partial charge in [-0.1, -0.05) is 107 Å². The standard InChI is InChI=1S/C73H70F7NO6/c1-5-6-8-11-42-12-30-53-56(36-42)54-31-19-46(37-57(53)54)69(83)85-52-28-17-44(18-29-52)43-13-15-45(16-14-43)68(82)86-63-40-58-59(41-62(63)84-4)67-55(66-64(58)60-38-49(72(75,76)77)39-61(73(78,79)80)65(60)70(66,2)3)32-33-71(87-67,47-20-24-50(74)25-21-47)48-22-26-51(27-23-48)81-34-9-7-10-35-81/h13-18,20-29,32-33,38-42,46,53-54,56-57H,5-12,19,30-31,34-37H2,1-4H3/t42?,46?,53?,54-,56?,57?,71?/m0/s1. The maximum absolute atomic E-state index is 15.4. The second-order valence-corrected chi connectivity index (χ2v) is 25.6. The lowest BCUT2D eigenvalue weighted by Gasteiger charge is -2.59. The number of halogens is 7. The van der Waals surface area contributed by atoms with E-state index in [0.717, 1.165) is 98.2 Å². The van der Waals surface area contributed by atoms with Gasteiger partial charge >= 0.3 is 24.3 Å². The van der Waals surface area contributed by atoms with E-state index in [9.17, 15) is 27.2 Å². The lowest BCUT2D eigenvalue weighted by molar-refractivity contribution is -0.150. The average molecular weight is 1190 g/mol. The van der Waals surface area contributed by atoms with Gasteiger partial charge in [-0.3, -0.25) is 4.79 Å². The SMILES string of the molecule is CCCCCC1CCC2C(C1)[C@@H]1CCC(C(=O)Oc3ccc(-c4ccc(C(=O)Oc5cc6c7c(c8c(c6cc5OC)OC(c5ccc(F)cc5)(c5ccc(N6CCCCC6)cc5)C=C8)C(C)(C)c5c-7cc(C(F)(F)F)cc5C(F)(F)F)cc4)cc3)CC21. The molecule has 0 amide bonds. The molecule has 0 N–H and O–H groups in total. The molecular weight excluding hydrogens is 1120 g/mol. The number of unbranched alkanes of at least 4 members (excludes halogenated alkanes) is 2. The summed E-state index contributed by atoms with van der Waals surface area (Å²) in [6.07, 6.45) is 8.49. The summed E-state index contributed by atoms with van der Waals surface area (Å²) in [4.78, 5) is 30.2. The molecule has 0 bridgehead atoms. The Kier molecular flexibility index (Phi) is 15.1. The normalized spacial score (nSPS) is 23.5. The van der Waals surface area contributed by atoms with Crippen LogP contribution >= 0.6 is 0 Å². The molecule has 2 heterocycles. The minimum absolute atomic E-state index is 0.0177. The van der Waals surface area contributed by atoms with Gasteiger partial charge in [-0.05, 0) is 199 Å². The van der Waals surface area contributed by atoms with Gasteiger partial charge in [-0.15, -0.1) is 0 Å². The Labute approximate surface area is 502 Å². The molecule has 87 heavy (non-hydrogen) atoms. The fourth-order valence-electron chi connectivity index (χ4n) is 16.1. The number of ether oxygens (including phenoxy) is 4. The topological polar surface area (TPSA) is 74.3 Å². The Morgan fingerprint density at radius 1 is 0.667 bits per heavy atom. The first-order valence-corrected chi connectivity index (χ1v) is 30.9. The third kappa shape index (κ3) is 10.5. The van der Waals surface area contributed by atoms with Gasteiger partial charge in [0.15, 0.2) is 17.1 Å². The Hall–Kier alpha value is -7.61. The Morgan fingerprint density at radius 3 is 1.97 bits per heavy atom. The van der Waals surface area contributed by atoms with E-state index in [1.54, 1.807) is 74.5 Å². The van der Waals surface area contributed by atoms with Crippen molar-refractivity contribution in [3.8, 4) is 45.3 Å². The van der Waals surface area contributed by atoms with Crippen LogP contribution in [0.5, 0.6) is 23.0 Å². The van der Waals surface area contributed by atoms with E-state index in [4.69, 9.17) is 18.9 Å². The number of hydrogen-bond acceptors (Lipinski definition) is 7. The van der Waals surface area contributed by atoms with Gasteiger partial charge in [-0.25, -0.2) is 9.18 Å². The number of piperidine rings is 1. The predicted molar refractivity (Wildman–Crippen MR) is 323 cm³/mol. The molecule has 0 aromatic heterocycles. The Morgan fingerprint density at radius 2 is 1.31 bits per heavy atom. The average Bonchev–Trinajstić information content (AvgIpc) is 1.63. The van der Waals surface area contributed by atoms with E-state index < -0.39 is 46.3 Å². The zero-order chi connectivity index (χ0) is 60.7. The molecule has 7 aromatic carbocycles. The fourth-order valence-corrected chi connectivity index (χ4v) is 16.1. The number of carbonyl (C=O) groups is 2. The quantitative estimate of drug-likeness (QED) is 0.0493. The van der Waals surface area contributed by atoms with Crippen molar-refractivity contribution in [3.05, 3.63) is 178 Å². The number of methoxy groups -OCH3 is 1. The van der Waals surface area contributed by atoms with Crippen LogP contribution in [-0.4, -0.2) is 32.1 Å². The molecule has 7 aromatic rings. The lowest BCUT2D eigenvalue weighted by atomic mass is 9.46. The van der Waals surface area contributed by atoms with Crippen LogP contribution in [0.4, 0.5) is 36.4 Å². The maximum Gasteiger partial charge on any atom is 0.416 e. The van der Waals surface area contributed by atoms with Crippen molar-refractivity contribution in [2.45, 2.75) is 128 Å². The van der Waals surface area contributed by atoms with Crippen molar-refractivity contribution in [1.29, 1.82) is 0 Å². The molecule has 7 atom stereocenters. The first-order valence-electron chi connectivity index (χ1n) is 30.9. The van der Waals surface area contributed by atoms with Gasteiger partial charge in [0.05, 0.1) is 29.7 Å². The summed E-state index contributed by atoms with van der Waals surface area (Å²) < 4.78 is 131. The smallest absolute Gasteiger partial charge is 0.416 e. The van der Waals surface area contributed by atoms with Crippen molar-refractivity contribution < 1.29 is 59.3 Å². The summed E-state index contributed by atoms with van der Waals surface area (Å²) in [5.74, 6) is 2.69. The van der Waals surface area contributed by atoms with Gasteiger partial charge in [-0.2, -0.15) is 26.3 Å². The minimum Gasteiger partial charge on any atom is -0.493 e. The lowest BCUT2D eigenvalue weighted by Crippen LogP contribution is -2.53. The van der Waals surface area contributed by atoms with Gasteiger partial charge < -0.3 is 23.8 Å². The monoisotopic (exact) mass is 1190 g/mol. The number of fused-ring (bicyclic) bond motifs is 12. The largest absolute Gasteiger partial charge is 0.493 e. The molecule has 0 spiro atoms. The van der Waals surface area contributed by atoms with Gasteiger partial charge in [0.25, 0.3) is 0 Å². The molecule has 6 aliphatic rings. The second-order valence-electron chi connectivity index (χ2n) is 25.6. The first kappa shape index (κ1) is 58.4. The highest BCUT2D eigenvalue weighted by atomic mass is 19.4. The van der Waals surface area contributed by atoms with Gasteiger partial charge in [0.1, 0.15) is 17.3 Å². The number of carbonyl (C=O) groups excluding carboxylic acids is 2. The van der Waals surface area contributed by atoms with Crippen molar-refractivity contribution in [2.24, 2.45) is 35.5 Å². The van der Waals surface area contributed by atoms with Crippen LogP contribution in [0.25, 0.3) is 39.1 Å². The van der Waals surface area contributed by atoms with E-state index in [0.29, 0.717) is 28.4 Å². The summed E-state index contributed by atoms with van der Waals surface area (Å²) in [6, 6.07) is 31.4. The molecule has 0 radical (unpaired) electrons. The molecule has 452 valence electrons. The van der Waals surface area contributed by atoms with E-state index in [2.05, 4.69) is 11.8 Å². The molecule has 7 nitrogen and oxygen atoms in total. The van der Waals surface area contributed by atoms with E-state index in [1.807, 2.05) is 36.4 Å². The molecule has 13 rings (SSSR count). The zero-order valence-corrected chi connectivity index (χ0v) is 49.3. The fraction of sp³-hybridized carbons (Fsp3) is 0.397. The van der Waals surface area contributed by atoms with E-state index in [1.165, 1.54) is 76.3 Å². The molecule has 14 heteroatoms. The number of nitrogens with zero attached hydrogens (tertiary/aromatic N) is 1. The highest BCUT2D eigenvalue weighted by molar-refractivity contribution is 6.10. The van der Waals surface area contributed by atoms with E-state index >= 15 is 13.2 Å². The Bertz CT molecular complexity index is 3800. The van der Waals surface area contributed by atoms with Crippen molar-refractivity contribution in [1.82, 2.24) is 0 Å². The van der Waals surface area contributed by atoms with Crippen LogP contribution in [0.2, 0.25) is 0 Å². The number of alkyl halides is 6. The van der Waals surface area contributed by atoms with Crippen LogP contribution in [0.1, 0.15) is 154 Å². The van der Waals surface area contributed by atoms with Crippen molar-refractivity contribution in [3.63, 3.8) is 0 Å². The number of anilines is 1. The predicted octanol–water partition coefficient (Wildman–Crippen LogP) is 19.1. The third-order valence-corrected chi connectivity index (χ3v) is 20.3. The Balaban J connectivity index is 0.810. The van der Waals surface area contributed by atoms with Crippen LogP contribution in [0.15, 0.2) is 127 Å². The minimum atomic E-state index is -5.20. The first-order chi connectivity index (χ1) is 41.7. The molecule has 4 aliphatic carbocycles. The van der Waals surface area contributed by atoms with Gasteiger partial charge in [0, 0.05) is 46.3 Å². The van der Waals surface area contributed by atoms with Gasteiger partial charge in [0.2, 0.25) is 0 Å². The van der Waals surface area contributed by atoms with Crippen LogP contribution in [0, 0.1) is 41.3 Å².